The highest BCUT2D eigenvalue weighted by molar-refractivity contribution is 7.99. The first kappa shape index (κ1) is 22.8. The average molecular weight is 426 g/mol. The number of hydrogen-bond acceptors (Lipinski definition) is 5. The summed E-state index contributed by atoms with van der Waals surface area (Å²) in [7, 11) is 0. The van der Waals surface area contributed by atoms with Crippen LogP contribution in [0.5, 0.6) is 0 Å². The number of hydrogen-bond donors (Lipinski definition) is 4. The molecule has 2 rings (SSSR count). The highest BCUT2D eigenvalue weighted by Crippen LogP contribution is 2.28. The Morgan fingerprint density at radius 1 is 1.31 bits per heavy atom. The molecule has 1 aliphatic rings. The van der Waals surface area contributed by atoms with Gasteiger partial charge in [0.25, 0.3) is 0 Å². The number of amides is 2. The van der Waals surface area contributed by atoms with Crippen LogP contribution >= 0.6 is 11.8 Å². The number of nitrogens with one attached hydrogen (secondary N) is 2. The molecule has 0 radical (unpaired) electrons. The lowest BCUT2D eigenvalue weighted by Crippen LogP contribution is -2.49. The molecule has 1 aromatic heterocycles. The Bertz CT molecular complexity index is 763. The molecule has 1 aliphatic heterocycles. The average Bonchev–Trinajstić information content (AvgIpc) is 3.04. The molecule has 2 amide bonds. The van der Waals surface area contributed by atoms with Gasteiger partial charge in [-0.3, -0.25) is 14.4 Å². The highest BCUT2D eigenvalue weighted by Gasteiger charge is 2.27. The van der Waals surface area contributed by atoms with Gasteiger partial charge in [-0.25, -0.2) is 4.79 Å². The second kappa shape index (κ2) is 10.9. The zero-order chi connectivity index (χ0) is 21.4. The fraction of sp³-hybridized carbons (Fsp3) is 0.579. The number of carboxylic acid groups (broad SMARTS) is 2. The molecule has 2 atom stereocenters. The summed E-state index contributed by atoms with van der Waals surface area (Å²) in [6.07, 6.45) is 5.60. The molecule has 9 nitrogen and oxygen atoms in total. The van der Waals surface area contributed by atoms with E-state index in [2.05, 4.69) is 17.6 Å². The summed E-state index contributed by atoms with van der Waals surface area (Å²) in [6, 6.07) is 0.176. The summed E-state index contributed by atoms with van der Waals surface area (Å²) in [5, 5.41) is 23.3. The zero-order valence-electron chi connectivity index (χ0n) is 16.3. The quantitative estimate of drug-likeness (QED) is 0.462. The molecular weight excluding hydrogens is 398 g/mol. The molecule has 2 bridgehead atoms. The minimum absolute atomic E-state index is 0.0493. The van der Waals surface area contributed by atoms with Gasteiger partial charge in [-0.15, -0.1) is 11.8 Å². The summed E-state index contributed by atoms with van der Waals surface area (Å²) in [4.78, 5) is 47.9. The van der Waals surface area contributed by atoms with Crippen molar-refractivity contribution >= 4 is 35.5 Å². The van der Waals surface area contributed by atoms with Crippen molar-refractivity contribution in [3.05, 3.63) is 18.0 Å². The summed E-state index contributed by atoms with van der Waals surface area (Å²) in [6.45, 7) is 1.56. The Hall–Kier alpha value is -2.49. The van der Waals surface area contributed by atoms with Crippen LogP contribution in [0.3, 0.4) is 0 Å². The lowest BCUT2D eigenvalue weighted by molar-refractivity contribution is -0.141. The van der Waals surface area contributed by atoms with Crippen LogP contribution in [0.15, 0.2) is 17.2 Å². The van der Waals surface area contributed by atoms with Crippen LogP contribution in [-0.4, -0.2) is 56.9 Å². The third kappa shape index (κ3) is 6.81. The second-order valence-electron chi connectivity index (χ2n) is 6.97. The van der Waals surface area contributed by atoms with Gasteiger partial charge < -0.3 is 25.4 Å². The number of unbranched alkanes of at least 4 members (excludes halogenated alkanes) is 2. The van der Waals surface area contributed by atoms with E-state index < -0.39 is 42.4 Å². The molecule has 10 heteroatoms. The fourth-order valence-corrected chi connectivity index (χ4v) is 4.19. The monoisotopic (exact) mass is 425 g/mol. The lowest BCUT2D eigenvalue weighted by Gasteiger charge is -2.19. The van der Waals surface area contributed by atoms with Gasteiger partial charge in [0.15, 0.2) is 0 Å². The van der Waals surface area contributed by atoms with Gasteiger partial charge in [0, 0.05) is 29.0 Å². The smallest absolute Gasteiger partial charge is 0.326 e. The number of nitrogens with zero attached hydrogens (tertiary/aromatic N) is 1. The van der Waals surface area contributed by atoms with Crippen molar-refractivity contribution in [2.75, 3.05) is 12.3 Å². The van der Waals surface area contributed by atoms with Gasteiger partial charge in [-0.1, -0.05) is 19.8 Å². The predicted molar refractivity (Wildman–Crippen MR) is 107 cm³/mol. The summed E-state index contributed by atoms with van der Waals surface area (Å²) >= 11 is 1.33. The van der Waals surface area contributed by atoms with Crippen LogP contribution in [0.4, 0.5) is 0 Å². The normalized spacial score (nSPS) is 19.7. The topological polar surface area (TPSA) is 138 Å². The molecule has 0 spiro atoms. The molecule has 0 aliphatic carbocycles. The lowest BCUT2D eigenvalue weighted by atomic mass is 10.1. The molecule has 0 saturated heterocycles. The number of carbonyl (C=O) groups is 4. The van der Waals surface area contributed by atoms with Gasteiger partial charge in [-0.05, 0) is 25.3 Å². The van der Waals surface area contributed by atoms with Gasteiger partial charge in [-0.2, -0.15) is 0 Å². The van der Waals surface area contributed by atoms with E-state index in [1.165, 1.54) is 11.8 Å². The number of thioether (sulfide) groups is 1. The van der Waals surface area contributed by atoms with E-state index in [1.807, 2.05) is 6.07 Å². The van der Waals surface area contributed by atoms with Gasteiger partial charge >= 0.3 is 11.9 Å². The summed E-state index contributed by atoms with van der Waals surface area (Å²) in [5.41, 5.74) is 0.904. The molecule has 1 aromatic rings. The van der Waals surface area contributed by atoms with Crippen molar-refractivity contribution < 1.29 is 29.4 Å². The van der Waals surface area contributed by atoms with Crippen LogP contribution in [0, 0.1) is 0 Å². The maximum Gasteiger partial charge on any atom is 0.326 e. The van der Waals surface area contributed by atoms with Crippen LogP contribution in [-0.2, 0) is 25.6 Å². The van der Waals surface area contributed by atoms with E-state index in [1.54, 1.807) is 10.8 Å². The first-order valence-corrected chi connectivity index (χ1v) is 10.7. The van der Waals surface area contributed by atoms with E-state index in [0.717, 1.165) is 36.3 Å². The number of fused-ring (bicyclic) bond motifs is 2. The maximum atomic E-state index is 12.3. The van der Waals surface area contributed by atoms with Crippen LogP contribution in [0.25, 0.3) is 0 Å². The number of rotatable bonds is 8. The number of aliphatic carboxylic acids is 2. The van der Waals surface area contributed by atoms with E-state index in [9.17, 15) is 24.3 Å². The molecule has 0 fully saturated rings. The minimum Gasteiger partial charge on any atom is -0.480 e. The van der Waals surface area contributed by atoms with Crippen molar-refractivity contribution in [3.8, 4) is 0 Å². The van der Waals surface area contributed by atoms with Crippen LogP contribution < -0.4 is 10.6 Å². The highest BCUT2D eigenvalue weighted by atomic mass is 32.2. The molecular formula is C19H27N3O6S. The Balaban J connectivity index is 2.24. The van der Waals surface area contributed by atoms with E-state index in [-0.39, 0.29) is 18.6 Å². The maximum absolute atomic E-state index is 12.3. The van der Waals surface area contributed by atoms with Crippen LogP contribution in [0.2, 0.25) is 0 Å². The van der Waals surface area contributed by atoms with E-state index in [4.69, 9.17) is 5.11 Å². The Labute approximate surface area is 173 Å². The first-order chi connectivity index (χ1) is 13.8. The third-order valence-electron chi connectivity index (χ3n) is 4.69. The van der Waals surface area contributed by atoms with Crippen molar-refractivity contribution in [2.24, 2.45) is 0 Å². The van der Waals surface area contributed by atoms with Gasteiger partial charge in [0.1, 0.15) is 18.6 Å². The van der Waals surface area contributed by atoms with Crippen molar-refractivity contribution in [2.45, 2.75) is 62.4 Å². The number of aryl methyl sites for hydroxylation is 1. The standard InChI is InChI=1S/C19H27N3O6S/c1-2-3-4-5-12-8-13-10-22(12)15(19(27)28)6-7-16(23)21-14(11-29-13)18(26)20-9-17(24)25/h8,10,14-15H,2-7,9,11H2,1H3,(H,20,26)(H,21,23)(H,24,25)(H,27,28)/t14-,15-/m0/s1. The van der Waals surface area contributed by atoms with Gasteiger partial charge in [0.05, 0.1) is 0 Å². The molecule has 2 heterocycles. The van der Waals surface area contributed by atoms with E-state index >= 15 is 0 Å². The number of aromatic nitrogens is 1. The SMILES string of the molecule is CCCCCc1cc2cn1[C@H](C(=O)O)CCC(=O)N[C@H](C(=O)NCC(=O)O)CS2. The zero-order valence-corrected chi connectivity index (χ0v) is 17.2. The molecule has 0 saturated carbocycles. The molecule has 160 valence electrons. The van der Waals surface area contributed by atoms with E-state index in [0.29, 0.717) is 0 Å². The molecule has 0 aromatic carbocycles. The molecule has 0 unspecified atom stereocenters. The number of carboxylic acids is 2. The third-order valence-corrected chi connectivity index (χ3v) is 5.75. The largest absolute Gasteiger partial charge is 0.480 e. The van der Waals surface area contributed by atoms with Crippen molar-refractivity contribution in [3.63, 3.8) is 0 Å². The Morgan fingerprint density at radius 3 is 2.72 bits per heavy atom. The van der Waals surface area contributed by atoms with Crippen molar-refractivity contribution in [1.82, 2.24) is 15.2 Å². The molecule has 29 heavy (non-hydrogen) atoms. The van der Waals surface area contributed by atoms with Crippen LogP contribution in [0.1, 0.15) is 50.8 Å². The Kier molecular flexibility index (Phi) is 8.56. The van der Waals surface area contributed by atoms with Crippen molar-refractivity contribution in [1.29, 1.82) is 0 Å². The minimum atomic E-state index is -1.17. The molecule has 4 N–H and O–H groups in total. The van der Waals surface area contributed by atoms with Gasteiger partial charge in [0.2, 0.25) is 11.8 Å². The fourth-order valence-electron chi connectivity index (χ4n) is 3.19. The number of carbonyl (C=O) groups excluding carboxylic acids is 2. The summed E-state index contributed by atoms with van der Waals surface area (Å²) in [5.74, 6) is -2.98. The first-order valence-electron chi connectivity index (χ1n) is 9.67. The summed E-state index contributed by atoms with van der Waals surface area (Å²) < 4.78 is 1.73. The predicted octanol–water partition coefficient (Wildman–Crippen LogP) is 1.42. The second-order valence-corrected chi connectivity index (χ2v) is 8.06. The Morgan fingerprint density at radius 2 is 2.07 bits per heavy atom.